The molecule has 8 heteroatoms. The van der Waals surface area contributed by atoms with Crippen molar-refractivity contribution in [3.05, 3.63) is 27.2 Å². The fourth-order valence-electron chi connectivity index (χ4n) is 2.78. The Morgan fingerprint density at radius 2 is 2.00 bits per heavy atom. The van der Waals surface area contributed by atoms with Crippen molar-refractivity contribution in [2.75, 3.05) is 0 Å². The van der Waals surface area contributed by atoms with Crippen LogP contribution in [-0.4, -0.2) is 32.7 Å². The smallest absolute Gasteiger partial charge is 0.352 e. The van der Waals surface area contributed by atoms with E-state index in [9.17, 15) is 23.5 Å². The third kappa shape index (κ3) is 2.99. The van der Waals surface area contributed by atoms with Gasteiger partial charge < -0.3 is 10.4 Å². The second-order valence-electron chi connectivity index (χ2n) is 5.81. The van der Waals surface area contributed by atoms with Crippen LogP contribution in [0.4, 0.5) is 8.78 Å². The second kappa shape index (κ2) is 6.35. The standard InChI is InChI=1S/C15H21F2N3O3/c1-3-9-10(12(21)20-19-11(9)4-2)8-18-13(22)15(16,17)14(23)6-5-7-14/h23H,3-8H2,1-2H3,(H,18,22)(H,20,21). The van der Waals surface area contributed by atoms with Gasteiger partial charge in [0.25, 0.3) is 11.5 Å². The van der Waals surface area contributed by atoms with E-state index in [2.05, 4.69) is 15.5 Å². The van der Waals surface area contributed by atoms with Gasteiger partial charge in [-0.2, -0.15) is 13.9 Å². The molecular weight excluding hydrogens is 308 g/mol. The van der Waals surface area contributed by atoms with Crippen LogP contribution < -0.4 is 10.9 Å². The fraction of sp³-hybridized carbons (Fsp3) is 0.667. The van der Waals surface area contributed by atoms with Crippen LogP contribution in [0.15, 0.2) is 4.79 Å². The summed E-state index contributed by atoms with van der Waals surface area (Å²) in [5.74, 6) is -5.43. The molecule has 0 bridgehead atoms. The van der Waals surface area contributed by atoms with E-state index in [1.165, 1.54) is 0 Å². The molecule has 1 aliphatic carbocycles. The Kier molecular flexibility index (Phi) is 4.84. The number of nitrogens with zero attached hydrogens (tertiary/aromatic N) is 1. The maximum atomic E-state index is 14.0. The van der Waals surface area contributed by atoms with Gasteiger partial charge in [-0.05, 0) is 37.7 Å². The number of halogens is 2. The predicted octanol–water partition coefficient (Wildman–Crippen LogP) is 1.06. The molecule has 1 amide bonds. The van der Waals surface area contributed by atoms with Gasteiger partial charge in [-0.15, -0.1) is 0 Å². The number of carbonyl (C=O) groups excluding carboxylic acids is 1. The number of H-pyrrole nitrogens is 1. The van der Waals surface area contributed by atoms with Crippen molar-refractivity contribution in [2.45, 2.75) is 64.0 Å². The molecule has 1 aromatic heterocycles. The van der Waals surface area contributed by atoms with Crippen LogP contribution in [0.2, 0.25) is 0 Å². The summed E-state index contributed by atoms with van der Waals surface area (Å²) in [6.45, 7) is 3.37. The molecule has 0 atom stereocenters. The summed E-state index contributed by atoms with van der Waals surface area (Å²) in [6, 6.07) is 0. The lowest BCUT2D eigenvalue weighted by molar-refractivity contribution is -0.216. The van der Waals surface area contributed by atoms with E-state index in [0.717, 1.165) is 0 Å². The van der Waals surface area contributed by atoms with Crippen molar-refractivity contribution < 1.29 is 18.7 Å². The highest BCUT2D eigenvalue weighted by molar-refractivity contribution is 5.85. The number of aryl methyl sites for hydroxylation is 1. The van der Waals surface area contributed by atoms with Crippen LogP contribution in [0.1, 0.15) is 49.9 Å². The first-order valence-corrected chi connectivity index (χ1v) is 7.74. The number of aromatic amines is 1. The average molecular weight is 329 g/mol. The lowest BCUT2D eigenvalue weighted by Crippen LogP contribution is -2.60. The average Bonchev–Trinajstić information content (AvgIpc) is 2.50. The number of aliphatic hydroxyl groups is 1. The van der Waals surface area contributed by atoms with Gasteiger partial charge in [0.1, 0.15) is 5.60 Å². The minimum atomic E-state index is -3.87. The fourth-order valence-corrected chi connectivity index (χ4v) is 2.78. The Balaban J connectivity index is 2.18. The number of hydrogen-bond donors (Lipinski definition) is 3. The molecule has 1 fully saturated rings. The highest BCUT2D eigenvalue weighted by Crippen LogP contribution is 2.44. The minimum Gasteiger partial charge on any atom is -0.383 e. The van der Waals surface area contributed by atoms with E-state index in [4.69, 9.17) is 0 Å². The van der Waals surface area contributed by atoms with E-state index in [0.29, 0.717) is 30.5 Å². The molecule has 6 nitrogen and oxygen atoms in total. The number of aromatic nitrogens is 2. The first-order valence-electron chi connectivity index (χ1n) is 7.74. The summed E-state index contributed by atoms with van der Waals surface area (Å²) >= 11 is 0. The third-order valence-electron chi connectivity index (χ3n) is 4.44. The molecule has 0 radical (unpaired) electrons. The maximum Gasteiger partial charge on any atom is 0.352 e. The van der Waals surface area contributed by atoms with Gasteiger partial charge in [-0.1, -0.05) is 13.8 Å². The van der Waals surface area contributed by atoms with Crippen LogP contribution in [0.3, 0.4) is 0 Å². The van der Waals surface area contributed by atoms with Crippen molar-refractivity contribution in [1.82, 2.24) is 15.5 Å². The van der Waals surface area contributed by atoms with Gasteiger partial charge >= 0.3 is 5.92 Å². The normalized spacial score (nSPS) is 16.7. The molecule has 1 saturated carbocycles. The van der Waals surface area contributed by atoms with Crippen LogP contribution in [0.5, 0.6) is 0 Å². The Labute approximate surface area is 132 Å². The highest BCUT2D eigenvalue weighted by atomic mass is 19.3. The topological polar surface area (TPSA) is 95.1 Å². The van der Waals surface area contributed by atoms with Crippen molar-refractivity contribution in [1.29, 1.82) is 0 Å². The number of alkyl halides is 2. The molecule has 1 aromatic rings. The monoisotopic (exact) mass is 329 g/mol. The number of amides is 1. The molecular formula is C15H21F2N3O3. The maximum absolute atomic E-state index is 14.0. The summed E-state index contributed by atoms with van der Waals surface area (Å²) in [6.07, 6.45) is 1.33. The van der Waals surface area contributed by atoms with Gasteiger partial charge in [-0.3, -0.25) is 9.59 Å². The summed E-state index contributed by atoms with van der Waals surface area (Å²) in [5, 5.41) is 18.1. The summed E-state index contributed by atoms with van der Waals surface area (Å²) < 4.78 is 28.0. The molecule has 128 valence electrons. The van der Waals surface area contributed by atoms with Crippen molar-refractivity contribution >= 4 is 5.91 Å². The van der Waals surface area contributed by atoms with Gasteiger partial charge in [0, 0.05) is 12.1 Å². The van der Waals surface area contributed by atoms with Gasteiger partial charge in [0.05, 0.1) is 5.69 Å². The second-order valence-corrected chi connectivity index (χ2v) is 5.81. The zero-order chi connectivity index (χ0) is 17.3. The highest BCUT2D eigenvalue weighted by Gasteiger charge is 2.61. The molecule has 0 unspecified atom stereocenters. The summed E-state index contributed by atoms with van der Waals surface area (Å²) in [7, 11) is 0. The van der Waals surface area contributed by atoms with Crippen molar-refractivity contribution in [3.8, 4) is 0 Å². The van der Waals surface area contributed by atoms with Gasteiger partial charge in [0.2, 0.25) is 0 Å². The Bertz CT molecular complexity index is 654. The lowest BCUT2D eigenvalue weighted by atomic mass is 9.75. The van der Waals surface area contributed by atoms with Crippen LogP contribution in [-0.2, 0) is 24.2 Å². The zero-order valence-corrected chi connectivity index (χ0v) is 13.2. The van der Waals surface area contributed by atoms with Crippen molar-refractivity contribution in [2.24, 2.45) is 0 Å². The van der Waals surface area contributed by atoms with E-state index in [1.807, 2.05) is 13.8 Å². The molecule has 0 spiro atoms. The Morgan fingerprint density at radius 3 is 2.48 bits per heavy atom. The first kappa shape index (κ1) is 17.5. The van der Waals surface area contributed by atoms with Gasteiger partial charge in [0.15, 0.2) is 0 Å². The SMILES string of the molecule is CCc1n[nH]c(=O)c(CNC(=O)C(F)(F)C2(O)CCC2)c1CC. The number of carbonyl (C=O) groups is 1. The molecule has 0 aliphatic heterocycles. The molecule has 1 aliphatic rings. The van der Waals surface area contributed by atoms with E-state index in [-0.39, 0.29) is 24.9 Å². The lowest BCUT2D eigenvalue weighted by Gasteiger charge is -2.41. The quantitative estimate of drug-likeness (QED) is 0.727. The summed E-state index contributed by atoms with van der Waals surface area (Å²) in [5.41, 5.74) is -1.23. The van der Waals surface area contributed by atoms with Crippen LogP contribution in [0.25, 0.3) is 0 Å². The van der Waals surface area contributed by atoms with Gasteiger partial charge in [-0.25, -0.2) is 5.10 Å². The van der Waals surface area contributed by atoms with Crippen molar-refractivity contribution in [3.63, 3.8) is 0 Å². The molecule has 3 N–H and O–H groups in total. The zero-order valence-electron chi connectivity index (χ0n) is 13.2. The molecule has 0 saturated heterocycles. The number of nitrogens with one attached hydrogen (secondary N) is 2. The number of hydrogen-bond acceptors (Lipinski definition) is 4. The first-order chi connectivity index (χ1) is 10.8. The van der Waals surface area contributed by atoms with Crippen LogP contribution in [0, 0.1) is 0 Å². The third-order valence-corrected chi connectivity index (χ3v) is 4.44. The Hall–Kier alpha value is -1.83. The molecule has 2 rings (SSSR count). The molecule has 23 heavy (non-hydrogen) atoms. The van der Waals surface area contributed by atoms with E-state index in [1.54, 1.807) is 0 Å². The minimum absolute atomic E-state index is 0.108. The van der Waals surface area contributed by atoms with E-state index < -0.39 is 23.0 Å². The molecule has 0 aromatic carbocycles. The molecule has 1 heterocycles. The Morgan fingerprint density at radius 1 is 1.35 bits per heavy atom. The van der Waals surface area contributed by atoms with E-state index >= 15 is 0 Å². The summed E-state index contributed by atoms with van der Waals surface area (Å²) in [4.78, 5) is 23.7. The predicted molar refractivity (Wildman–Crippen MR) is 79.2 cm³/mol. The number of rotatable bonds is 6. The van der Waals surface area contributed by atoms with Crippen LogP contribution >= 0.6 is 0 Å². The largest absolute Gasteiger partial charge is 0.383 e.